The fourth-order valence-electron chi connectivity index (χ4n) is 1.06. The molecule has 0 amide bonds. The monoisotopic (exact) mass is 256 g/mol. The van der Waals surface area contributed by atoms with Crippen molar-refractivity contribution in [2.45, 2.75) is 12.6 Å². The predicted octanol–water partition coefficient (Wildman–Crippen LogP) is 3.67. The average molecular weight is 257 g/mol. The van der Waals surface area contributed by atoms with Crippen LogP contribution in [0.25, 0.3) is 0 Å². The van der Waals surface area contributed by atoms with Crippen LogP contribution < -0.4 is 0 Å². The third kappa shape index (κ3) is 3.39. The second-order valence-corrected chi connectivity index (χ2v) is 3.67. The second kappa shape index (κ2) is 4.41. The number of rotatable bonds is 2. The molecule has 0 heterocycles. The van der Waals surface area contributed by atoms with Gasteiger partial charge < -0.3 is 0 Å². The van der Waals surface area contributed by atoms with E-state index in [2.05, 4.69) is 0 Å². The van der Waals surface area contributed by atoms with Gasteiger partial charge in [0.05, 0.1) is 10.6 Å². The van der Waals surface area contributed by atoms with Gasteiger partial charge in [0, 0.05) is 6.42 Å². The van der Waals surface area contributed by atoms with Crippen molar-refractivity contribution in [3.05, 3.63) is 34.3 Å². The summed E-state index contributed by atoms with van der Waals surface area (Å²) in [6.45, 7) is 0. The van der Waals surface area contributed by atoms with E-state index in [-0.39, 0.29) is 6.42 Å². The number of hydrogen-bond donors (Lipinski definition) is 0. The van der Waals surface area contributed by atoms with Crippen molar-refractivity contribution in [3.63, 3.8) is 0 Å². The summed E-state index contributed by atoms with van der Waals surface area (Å²) in [6, 6.07) is 3.09. The van der Waals surface area contributed by atoms with Crippen LogP contribution in [0.3, 0.4) is 0 Å². The lowest BCUT2D eigenvalue weighted by Crippen LogP contribution is -2.06. The summed E-state index contributed by atoms with van der Waals surface area (Å²) < 4.78 is 36.8. The third-order valence-corrected chi connectivity index (χ3v) is 2.13. The van der Waals surface area contributed by atoms with Gasteiger partial charge >= 0.3 is 6.18 Å². The molecule has 1 rings (SSSR count). The molecule has 1 aromatic carbocycles. The Labute approximate surface area is 93.8 Å². The number of halogens is 5. The zero-order valence-corrected chi connectivity index (χ0v) is 8.75. The van der Waals surface area contributed by atoms with Crippen molar-refractivity contribution in [2.24, 2.45) is 0 Å². The highest BCUT2D eigenvalue weighted by Gasteiger charge is 2.32. The van der Waals surface area contributed by atoms with Crippen molar-refractivity contribution in [1.29, 1.82) is 0 Å². The fourth-order valence-corrected chi connectivity index (χ4v) is 1.52. The number of alkyl halides is 3. The lowest BCUT2D eigenvalue weighted by molar-refractivity contribution is -0.137. The molecule has 0 saturated heterocycles. The van der Waals surface area contributed by atoms with E-state index >= 15 is 0 Å². The Balaban J connectivity index is 3.04. The molecular formula is C9H5Cl2F3O. The maximum absolute atomic E-state index is 12.3. The minimum absolute atomic E-state index is 0.139. The van der Waals surface area contributed by atoms with Crippen LogP contribution in [-0.2, 0) is 17.4 Å². The van der Waals surface area contributed by atoms with Gasteiger partial charge in [0.1, 0.15) is 0 Å². The van der Waals surface area contributed by atoms with E-state index < -0.39 is 22.0 Å². The molecule has 0 unspecified atom stereocenters. The van der Waals surface area contributed by atoms with Crippen molar-refractivity contribution in [2.75, 3.05) is 0 Å². The van der Waals surface area contributed by atoms with Crippen LogP contribution in [0.15, 0.2) is 18.2 Å². The van der Waals surface area contributed by atoms with Gasteiger partial charge in [0.2, 0.25) is 5.24 Å². The van der Waals surface area contributed by atoms with Crippen LogP contribution >= 0.6 is 23.2 Å². The zero-order valence-electron chi connectivity index (χ0n) is 7.24. The van der Waals surface area contributed by atoms with Crippen molar-refractivity contribution >= 4 is 28.4 Å². The molecular weight excluding hydrogens is 252 g/mol. The van der Waals surface area contributed by atoms with Gasteiger partial charge in [-0.05, 0) is 29.3 Å². The number of carbonyl (C=O) groups is 1. The summed E-state index contributed by atoms with van der Waals surface area (Å²) in [5.41, 5.74) is -0.567. The molecule has 1 aromatic rings. The molecule has 82 valence electrons. The molecule has 0 spiro atoms. The molecule has 6 heteroatoms. The maximum Gasteiger partial charge on any atom is 0.417 e. The van der Waals surface area contributed by atoms with Crippen molar-refractivity contribution in [3.8, 4) is 0 Å². The Kier molecular flexibility index (Phi) is 3.62. The van der Waals surface area contributed by atoms with E-state index in [1.54, 1.807) is 0 Å². The molecule has 0 aliphatic heterocycles. The van der Waals surface area contributed by atoms with E-state index in [9.17, 15) is 18.0 Å². The molecule has 0 fully saturated rings. The topological polar surface area (TPSA) is 17.1 Å². The smallest absolute Gasteiger partial charge is 0.281 e. The molecule has 0 atom stereocenters. The second-order valence-electron chi connectivity index (χ2n) is 2.84. The van der Waals surface area contributed by atoms with Crippen LogP contribution in [0.2, 0.25) is 5.02 Å². The van der Waals surface area contributed by atoms with Crippen LogP contribution in [0, 0.1) is 0 Å². The van der Waals surface area contributed by atoms with E-state index in [0.717, 1.165) is 12.1 Å². The summed E-state index contributed by atoms with van der Waals surface area (Å²) in [6.07, 6.45) is -4.63. The largest absolute Gasteiger partial charge is 0.417 e. The molecule has 0 bridgehead atoms. The first-order valence-corrected chi connectivity index (χ1v) is 4.60. The molecule has 0 aromatic heterocycles. The minimum Gasteiger partial charge on any atom is -0.281 e. The predicted molar refractivity (Wildman–Crippen MR) is 51.0 cm³/mol. The molecule has 0 saturated carbocycles. The van der Waals surface area contributed by atoms with Gasteiger partial charge in [-0.15, -0.1) is 0 Å². The lowest BCUT2D eigenvalue weighted by atomic mass is 10.1. The normalized spacial score (nSPS) is 11.5. The lowest BCUT2D eigenvalue weighted by Gasteiger charge is -2.09. The van der Waals surface area contributed by atoms with Crippen LogP contribution in [0.4, 0.5) is 13.2 Å². The van der Waals surface area contributed by atoms with Crippen LogP contribution in [0.5, 0.6) is 0 Å². The van der Waals surface area contributed by atoms with Gasteiger partial charge in [-0.3, -0.25) is 4.79 Å². The fraction of sp³-hybridized carbons (Fsp3) is 0.222. The molecule has 0 aliphatic rings. The van der Waals surface area contributed by atoms with Gasteiger partial charge in [-0.25, -0.2) is 0 Å². The average Bonchev–Trinajstić information content (AvgIpc) is 1.99. The first kappa shape index (κ1) is 12.3. The summed E-state index contributed by atoms with van der Waals surface area (Å²) in [5, 5.41) is -1.08. The Hall–Kier alpha value is -0.740. The Morgan fingerprint density at radius 2 is 1.93 bits per heavy atom. The highest BCUT2D eigenvalue weighted by molar-refractivity contribution is 6.63. The highest BCUT2D eigenvalue weighted by atomic mass is 35.5. The summed E-state index contributed by atoms with van der Waals surface area (Å²) >= 11 is 10.5. The Bertz CT molecular complexity index is 387. The maximum atomic E-state index is 12.3. The first-order chi connectivity index (χ1) is 6.80. The number of hydrogen-bond acceptors (Lipinski definition) is 1. The van der Waals surface area contributed by atoms with E-state index in [4.69, 9.17) is 23.2 Å². The minimum atomic E-state index is -4.49. The third-order valence-electron chi connectivity index (χ3n) is 1.68. The van der Waals surface area contributed by atoms with Crippen LogP contribution in [-0.4, -0.2) is 5.24 Å². The van der Waals surface area contributed by atoms with E-state index in [1.807, 2.05) is 0 Å². The molecule has 15 heavy (non-hydrogen) atoms. The molecule has 0 radical (unpaired) electrons. The summed E-state index contributed by atoms with van der Waals surface area (Å²) in [7, 11) is 0. The van der Waals surface area contributed by atoms with Crippen molar-refractivity contribution < 1.29 is 18.0 Å². The standard InChI is InChI=1S/C9H5Cl2F3O/c10-7-3-5(4-8(11)15)1-2-6(7)9(12,13)14/h1-3H,4H2. The Morgan fingerprint density at radius 3 is 2.33 bits per heavy atom. The highest BCUT2D eigenvalue weighted by Crippen LogP contribution is 2.34. The Morgan fingerprint density at radius 1 is 1.33 bits per heavy atom. The van der Waals surface area contributed by atoms with Gasteiger partial charge in [0.25, 0.3) is 0 Å². The van der Waals surface area contributed by atoms with Crippen LogP contribution in [0.1, 0.15) is 11.1 Å². The van der Waals surface area contributed by atoms with Gasteiger partial charge in [-0.2, -0.15) is 13.2 Å². The number of benzene rings is 1. The molecule has 0 aliphatic carbocycles. The van der Waals surface area contributed by atoms with Crippen molar-refractivity contribution in [1.82, 2.24) is 0 Å². The first-order valence-electron chi connectivity index (χ1n) is 3.84. The number of carbonyl (C=O) groups excluding carboxylic acids is 1. The SMILES string of the molecule is O=C(Cl)Cc1ccc(C(F)(F)F)c(Cl)c1. The molecule has 0 N–H and O–H groups in total. The summed E-state index contributed by atoms with van der Waals surface area (Å²) in [5.74, 6) is 0. The molecule has 1 nitrogen and oxygen atoms in total. The van der Waals surface area contributed by atoms with Gasteiger partial charge in [0.15, 0.2) is 0 Å². The van der Waals surface area contributed by atoms with E-state index in [1.165, 1.54) is 6.07 Å². The van der Waals surface area contributed by atoms with E-state index in [0.29, 0.717) is 5.56 Å². The van der Waals surface area contributed by atoms with Gasteiger partial charge in [-0.1, -0.05) is 17.7 Å². The quantitative estimate of drug-likeness (QED) is 0.739. The zero-order chi connectivity index (χ0) is 11.6. The summed E-state index contributed by atoms with van der Waals surface area (Å²) in [4.78, 5) is 10.5.